The lowest BCUT2D eigenvalue weighted by Crippen LogP contribution is -2.37. The Morgan fingerprint density at radius 2 is 1.97 bits per heavy atom. The number of nitrogens with zero attached hydrogens (tertiary/aromatic N) is 6. The van der Waals surface area contributed by atoms with Gasteiger partial charge >= 0.3 is 6.01 Å². The minimum atomic E-state index is 0.291. The Kier molecular flexibility index (Phi) is 4.83. The Hall–Kier alpha value is -3.39. The van der Waals surface area contributed by atoms with Crippen molar-refractivity contribution in [3.8, 4) is 17.4 Å². The molecule has 0 N–H and O–H groups in total. The monoisotopic (exact) mass is 388 g/mol. The molecule has 2 aliphatic heterocycles. The molecule has 0 bridgehead atoms. The quantitative estimate of drug-likeness (QED) is 0.664. The molecule has 0 aliphatic carbocycles. The average molecular weight is 388 g/mol. The van der Waals surface area contributed by atoms with Gasteiger partial charge in [0.15, 0.2) is 5.82 Å². The molecule has 2 aliphatic rings. The van der Waals surface area contributed by atoms with Gasteiger partial charge in [-0.25, -0.2) is 0 Å². The fourth-order valence-corrected chi connectivity index (χ4v) is 3.32. The number of anilines is 1. The molecule has 0 unspecified atom stereocenters. The summed E-state index contributed by atoms with van der Waals surface area (Å²) in [6, 6.07) is 12.1. The van der Waals surface area contributed by atoms with Crippen molar-refractivity contribution in [2.24, 2.45) is 4.99 Å². The summed E-state index contributed by atoms with van der Waals surface area (Å²) >= 11 is 0. The van der Waals surface area contributed by atoms with E-state index in [1.54, 1.807) is 6.20 Å². The van der Waals surface area contributed by atoms with Crippen LogP contribution in [0.4, 0.5) is 11.6 Å². The van der Waals surface area contributed by atoms with Crippen LogP contribution in [0.3, 0.4) is 0 Å². The predicted octanol–water partition coefficient (Wildman–Crippen LogP) is 2.61. The maximum atomic E-state index is 5.87. The molecular weight excluding hydrogens is 368 g/mol. The zero-order valence-electron chi connectivity index (χ0n) is 15.9. The first-order valence-corrected chi connectivity index (χ1v) is 9.62. The zero-order chi connectivity index (χ0) is 19.5. The van der Waals surface area contributed by atoms with Gasteiger partial charge in [0, 0.05) is 37.5 Å². The van der Waals surface area contributed by atoms with Gasteiger partial charge in [0.25, 0.3) is 0 Å². The molecule has 0 atom stereocenters. The van der Waals surface area contributed by atoms with Crippen molar-refractivity contribution < 1.29 is 9.47 Å². The second-order valence-electron chi connectivity index (χ2n) is 6.81. The topological polar surface area (TPSA) is 85.6 Å². The highest BCUT2D eigenvalue weighted by atomic mass is 16.5. The van der Waals surface area contributed by atoms with Crippen LogP contribution in [0.5, 0.6) is 6.01 Å². The van der Waals surface area contributed by atoms with Crippen LogP contribution in [-0.4, -0.2) is 52.5 Å². The first-order chi connectivity index (χ1) is 14.3. The molecule has 5 rings (SSSR count). The number of hydrogen-bond donors (Lipinski definition) is 0. The first-order valence-electron chi connectivity index (χ1n) is 9.62. The standard InChI is InChI=1S/C21H20N6O2/c1-2-7-22-17(3-1)14-29-21-25-19(16-4-5-18-15(13-16)6-8-23-18)24-20(26-21)27-9-11-28-12-10-27/h1-5,7-8,13H,6,9-12,14H2. The van der Waals surface area contributed by atoms with Crippen molar-refractivity contribution in [1.82, 2.24) is 19.9 Å². The van der Waals surface area contributed by atoms with Gasteiger partial charge < -0.3 is 14.4 Å². The normalized spacial score (nSPS) is 15.4. The van der Waals surface area contributed by atoms with Gasteiger partial charge in [-0.2, -0.15) is 15.0 Å². The van der Waals surface area contributed by atoms with Gasteiger partial charge in [0.05, 0.1) is 24.6 Å². The van der Waals surface area contributed by atoms with E-state index in [1.165, 1.54) is 5.56 Å². The van der Waals surface area contributed by atoms with Crippen molar-refractivity contribution in [2.75, 3.05) is 31.2 Å². The Labute approximate surface area is 168 Å². The highest BCUT2D eigenvalue weighted by molar-refractivity contribution is 5.78. The smallest absolute Gasteiger partial charge is 0.322 e. The predicted molar refractivity (Wildman–Crippen MR) is 109 cm³/mol. The number of hydrogen-bond acceptors (Lipinski definition) is 8. The molecule has 0 radical (unpaired) electrons. The van der Waals surface area contributed by atoms with Crippen LogP contribution in [0.2, 0.25) is 0 Å². The van der Waals surface area contributed by atoms with Crippen molar-refractivity contribution in [2.45, 2.75) is 13.0 Å². The van der Waals surface area contributed by atoms with E-state index >= 15 is 0 Å². The Morgan fingerprint density at radius 1 is 1.03 bits per heavy atom. The Balaban J connectivity index is 1.47. The van der Waals surface area contributed by atoms with Crippen LogP contribution in [-0.2, 0) is 17.8 Å². The Morgan fingerprint density at radius 3 is 2.83 bits per heavy atom. The number of fused-ring (bicyclic) bond motifs is 1. The molecule has 8 heteroatoms. The minimum Gasteiger partial charge on any atom is -0.457 e. The van der Waals surface area contributed by atoms with Gasteiger partial charge in [-0.15, -0.1) is 0 Å². The number of aromatic nitrogens is 4. The molecule has 1 fully saturated rings. The van der Waals surface area contributed by atoms with Crippen LogP contribution in [0, 0.1) is 0 Å². The van der Waals surface area contributed by atoms with Gasteiger partial charge in [-0.1, -0.05) is 6.07 Å². The van der Waals surface area contributed by atoms with Gasteiger partial charge in [0.2, 0.25) is 5.95 Å². The fraction of sp³-hybridized carbons (Fsp3) is 0.286. The zero-order valence-corrected chi connectivity index (χ0v) is 15.9. The number of benzene rings is 1. The molecule has 29 heavy (non-hydrogen) atoms. The van der Waals surface area contributed by atoms with E-state index in [2.05, 4.69) is 30.9 Å². The maximum absolute atomic E-state index is 5.87. The summed E-state index contributed by atoms with van der Waals surface area (Å²) < 4.78 is 11.3. The summed E-state index contributed by atoms with van der Waals surface area (Å²) in [6.45, 7) is 3.08. The van der Waals surface area contributed by atoms with Crippen LogP contribution >= 0.6 is 0 Å². The third kappa shape index (κ3) is 3.93. The van der Waals surface area contributed by atoms with E-state index < -0.39 is 0 Å². The summed E-state index contributed by atoms with van der Waals surface area (Å²) in [5.41, 5.74) is 3.92. The van der Waals surface area contributed by atoms with Crippen LogP contribution < -0.4 is 9.64 Å². The first kappa shape index (κ1) is 17.7. The molecule has 146 valence electrons. The van der Waals surface area contributed by atoms with E-state index in [4.69, 9.17) is 14.5 Å². The van der Waals surface area contributed by atoms with Crippen molar-refractivity contribution in [3.05, 3.63) is 53.9 Å². The van der Waals surface area contributed by atoms with Crippen molar-refractivity contribution in [3.63, 3.8) is 0 Å². The number of pyridine rings is 1. The molecule has 2 aromatic heterocycles. The van der Waals surface area contributed by atoms with E-state index in [1.807, 2.05) is 36.5 Å². The fourth-order valence-electron chi connectivity index (χ4n) is 3.32. The summed E-state index contributed by atoms with van der Waals surface area (Å²) in [4.78, 5) is 24.6. The summed E-state index contributed by atoms with van der Waals surface area (Å²) in [6.07, 6.45) is 4.49. The summed E-state index contributed by atoms with van der Waals surface area (Å²) in [5, 5.41) is 0. The number of rotatable bonds is 5. The molecule has 3 aromatic rings. The minimum absolute atomic E-state index is 0.291. The average Bonchev–Trinajstić information content (AvgIpc) is 3.27. The highest BCUT2D eigenvalue weighted by Gasteiger charge is 2.19. The molecule has 4 heterocycles. The summed E-state index contributed by atoms with van der Waals surface area (Å²) in [5.74, 6) is 1.19. The lowest BCUT2D eigenvalue weighted by atomic mass is 10.1. The van der Waals surface area contributed by atoms with E-state index in [0.717, 1.165) is 36.5 Å². The third-order valence-corrected chi connectivity index (χ3v) is 4.85. The van der Waals surface area contributed by atoms with E-state index in [9.17, 15) is 0 Å². The van der Waals surface area contributed by atoms with Gasteiger partial charge in [-0.05, 0) is 35.9 Å². The lowest BCUT2D eigenvalue weighted by molar-refractivity contribution is 0.122. The molecular formula is C21H20N6O2. The molecule has 1 aromatic carbocycles. The summed E-state index contributed by atoms with van der Waals surface area (Å²) in [7, 11) is 0. The van der Waals surface area contributed by atoms with Crippen LogP contribution in [0.15, 0.2) is 47.6 Å². The second kappa shape index (κ2) is 7.92. The lowest BCUT2D eigenvalue weighted by Gasteiger charge is -2.27. The molecule has 0 spiro atoms. The Bertz CT molecular complexity index is 1030. The number of aliphatic imine (C=N–C) groups is 1. The third-order valence-electron chi connectivity index (χ3n) is 4.85. The highest BCUT2D eigenvalue weighted by Crippen LogP contribution is 2.29. The van der Waals surface area contributed by atoms with Gasteiger partial charge in [0.1, 0.15) is 6.61 Å². The number of ether oxygens (including phenoxy) is 2. The van der Waals surface area contributed by atoms with E-state index in [-0.39, 0.29) is 0 Å². The van der Waals surface area contributed by atoms with Crippen molar-refractivity contribution >= 4 is 17.9 Å². The molecule has 8 nitrogen and oxygen atoms in total. The maximum Gasteiger partial charge on any atom is 0.322 e. The molecule has 1 saturated heterocycles. The van der Waals surface area contributed by atoms with Gasteiger partial charge in [-0.3, -0.25) is 9.98 Å². The SMILES string of the molecule is C1=Nc2ccc(-c3nc(OCc4ccccn4)nc(N4CCOCC4)n3)cc2C1. The van der Waals surface area contributed by atoms with Crippen LogP contribution in [0.25, 0.3) is 11.4 Å². The van der Waals surface area contributed by atoms with E-state index in [0.29, 0.717) is 37.6 Å². The largest absolute Gasteiger partial charge is 0.457 e. The number of morpholine rings is 1. The van der Waals surface area contributed by atoms with Crippen molar-refractivity contribution in [1.29, 1.82) is 0 Å². The molecule has 0 saturated carbocycles. The molecule has 0 amide bonds. The second-order valence-corrected chi connectivity index (χ2v) is 6.81. The van der Waals surface area contributed by atoms with Crippen LogP contribution in [0.1, 0.15) is 11.3 Å².